The third-order valence-electron chi connectivity index (χ3n) is 2.15. The van der Waals surface area contributed by atoms with Crippen LogP contribution in [0.15, 0.2) is 49.1 Å². The lowest BCUT2D eigenvalue weighted by Gasteiger charge is -1.95. The van der Waals surface area contributed by atoms with Crippen LogP contribution in [0, 0.1) is 0 Å². The van der Waals surface area contributed by atoms with Crippen molar-refractivity contribution in [2.45, 2.75) is 0 Å². The smallest absolute Gasteiger partial charge is 0.254 e. The van der Waals surface area contributed by atoms with E-state index in [0.717, 1.165) is 5.69 Å². The monoisotopic (exact) mass is 224 g/mol. The lowest BCUT2D eigenvalue weighted by atomic mass is 10.3. The van der Waals surface area contributed by atoms with Gasteiger partial charge < -0.3 is 0 Å². The first-order chi connectivity index (χ1) is 8.43. The van der Waals surface area contributed by atoms with Gasteiger partial charge in [0.1, 0.15) is 5.69 Å². The van der Waals surface area contributed by atoms with Gasteiger partial charge in [0.15, 0.2) is 0 Å². The van der Waals surface area contributed by atoms with Gasteiger partial charge in [0.25, 0.3) is 5.95 Å². The first kappa shape index (κ1) is 9.59. The van der Waals surface area contributed by atoms with Crippen molar-refractivity contribution in [1.82, 2.24) is 29.9 Å². The van der Waals surface area contributed by atoms with Crippen molar-refractivity contribution in [3.05, 3.63) is 49.1 Å². The quantitative estimate of drug-likeness (QED) is 0.652. The fraction of sp³-hybridized carbons (Fsp3) is 0. The van der Waals surface area contributed by atoms with Gasteiger partial charge >= 0.3 is 0 Å². The minimum Gasteiger partial charge on any atom is -0.254 e. The van der Waals surface area contributed by atoms with Gasteiger partial charge in [-0.15, -0.1) is 9.90 Å². The summed E-state index contributed by atoms with van der Waals surface area (Å²) in [5, 5.41) is 8.37. The Labute approximate surface area is 97.0 Å². The summed E-state index contributed by atoms with van der Waals surface area (Å²) in [5.41, 5.74) is 1.47. The van der Waals surface area contributed by atoms with Gasteiger partial charge in [-0.1, -0.05) is 6.07 Å². The van der Waals surface area contributed by atoms with Gasteiger partial charge in [-0.05, 0) is 18.2 Å². The second-order valence-electron chi connectivity index (χ2n) is 3.28. The average molecular weight is 224 g/mol. The molecule has 0 saturated carbocycles. The maximum Gasteiger partial charge on any atom is 0.268 e. The largest absolute Gasteiger partial charge is 0.268 e. The molecule has 0 fully saturated rings. The zero-order valence-corrected chi connectivity index (χ0v) is 8.80. The number of rotatable bonds is 2. The van der Waals surface area contributed by atoms with E-state index in [1.54, 1.807) is 30.9 Å². The van der Waals surface area contributed by atoms with Gasteiger partial charge in [0.2, 0.25) is 0 Å². The topological polar surface area (TPSA) is 69.4 Å². The Kier molecular flexibility index (Phi) is 2.31. The zero-order valence-electron chi connectivity index (χ0n) is 8.80. The van der Waals surface area contributed by atoms with Crippen LogP contribution in [0.1, 0.15) is 0 Å². The SMILES string of the molecule is c1ccc(-c2cnn(-c3ncccn3)n2)nc1. The molecule has 0 aliphatic rings. The van der Waals surface area contributed by atoms with Gasteiger partial charge in [-0.25, -0.2) is 9.97 Å². The summed E-state index contributed by atoms with van der Waals surface area (Å²) in [6.45, 7) is 0. The van der Waals surface area contributed by atoms with Crippen LogP contribution in [-0.4, -0.2) is 29.9 Å². The molecule has 6 nitrogen and oxygen atoms in total. The highest BCUT2D eigenvalue weighted by Crippen LogP contribution is 2.11. The maximum absolute atomic E-state index is 4.27. The molecule has 0 amide bonds. The van der Waals surface area contributed by atoms with Crippen molar-refractivity contribution in [1.29, 1.82) is 0 Å². The molecular weight excluding hydrogens is 216 g/mol. The second kappa shape index (κ2) is 4.09. The second-order valence-corrected chi connectivity index (χ2v) is 3.28. The molecule has 0 aliphatic heterocycles. The summed E-state index contributed by atoms with van der Waals surface area (Å²) < 4.78 is 0. The van der Waals surface area contributed by atoms with Gasteiger partial charge in [0.05, 0.1) is 11.9 Å². The van der Waals surface area contributed by atoms with E-state index in [1.165, 1.54) is 4.80 Å². The molecule has 0 radical (unpaired) electrons. The molecule has 82 valence electrons. The Balaban J connectivity index is 1.99. The van der Waals surface area contributed by atoms with E-state index in [9.17, 15) is 0 Å². The molecule has 3 aromatic heterocycles. The molecule has 0 bridgehead atoms. The van der Waals surface area contributed by atoms with Gasteiger partial charge in [0, 0.05) is 18.6 Å². The molecule has 0 unspecified atom stereocenters. The molecule has 3 rings (SSSR count). The van der Waals surface area contributed by atoms with Crippen molar-refractivity contribution >= 4 is 0 Å². The Hall–Kier alpha value is -2.63. The average Bonchev–Trinajstić information content (AvgIpc) is 2.90. The van der Waals surface area contributed by atoms with Crippen LogP contribution >= 0.6 is 0 Å². The molecule has 17 heavy (non-hydrogen) atoms. The van der Waals surface area contributed by atoms with Crippen LogP contribution < -0.4 is 0 Å². The Morgan fingerprint density at radius 1 is 0.824 bits per heavy atom. The summed E-state index contributed by atoms with van der Waals surface area (Å²) in [4.78, 5) is 13.7. The highest BCUT2D eigenvalue weighted by atomic mass is 15.5. The van der Waals surface area contributed by atoms with Crippen LogP contribution in [-0.2, 0) is 0 Å². The maximum atomic E-state index is 4.27. The fourth-order valence-electron chi connectivity index (χ4n) is 1.39. The molecular formula is C11H8N6. The summed E-state index contributed by atoms with van der Waals surface area (Å²) in [5.74, 6) is 0.440. The standard InChI is InChI=1S/C11H8N6/c1-2-5-12-9(4-1)10-8-15-17(16-10)11-13-6-3-7-14-11/h1-8H. The van der Waals surface area contributed by atoms with E-state index in [2.05, 4.69) is 25.1 Å². The first-order valence-corrected chi connectivity index (χ1v) is 5.04. The predicted octanol–water partition coefficient (Wildman–Crippen LogP) is 1.12. The zero-order chi connectivity index (χ0) is 11.5. The minimum atomic E-state index is 0.440. The molecule has 0 spiro atoms. The Bertz CT molecular complexity index is 550. The molecule has 0 aliphatic carbocycles. The van der Waals surface area contributed by atoms with E-state index in [-0.39, 0.29) is 0 Å². The molecule has 0 atom stereocenters. The highest BCUT2D eigenvalue weighted by Gasteiger charge is 2.06. The summed E-state index contributed by atoms with van der Waals surface area (Å²) in [6, 6.07) is 7.38. The van der Waals surface area contributed by atoms with Crippen LogP contribution in [0.25, 0.3) is 17.3 Å². The third-order valence-corrected chi connectivity index (χ3v) is 2.15. The normalized spacial score (nSPS) is 10.4. The molecule has 6 heteroatoms. The number of aromatic nitrogens is 6. The lowest BCUT2D eigenvalue weighted by Crippen LogP contribution is -2.03. The number of hydrogen-bond donors (Lipinski definition) is 0. The number of nitrogens with zero attached hydrogens (tertiary/aromatic N) is 6. The highest BCUT2D eigenvalue weighted by molar-refractivity contribution is 5.51. The van der Waals surface area contributed by atoms with E-state index < -0.39 is 0 Å². The summed E-state index contributed by atoms with van der Waals surface area (Å²) >= 11 is 0. The third kappa shape index (κ3) is 1.87. The molecule has 3 aromatic rings. The summed E-state index contributed by atoms with van der Waals surface area (Å²) in [6.07, 6.45) is 6.64. The van der Waals surface area contributed by atoms with Crippen LogP contribution in [0.4, 0.5) is 0 Å². The van der Waals surface area contributed by atoms with E-state index >= 15 is 0 Å². The van der Waals surface area contributed by atoms with E-state index in [1.807, 2.05) is 18.2 Å². The molecule has 0 aromatic carbocycles. The van der Waals surface area contributed by atoms with Crippen molar-refractivity contribution in [3.8, 4) is 17.3 Å². The molecule has 0 N–H and O–H groups in total. The first-order valence-electron chi connectivity index (χ1n) is 5.04. The van der Waals surface area contributed by atoms with Crippen molar-refractivity contribution in [2.75, 3.05) is 0 Å². The van der Waals surface area contributed by atoms with Gasteiger partial charge in [-0.3, -0.25) is 4.98 Å². The van der Waals surface area contributed by atoms with Crippen LogP contribution in [0.3, 0.4) is 0 Å². The van der Waals surface area contributed by atoms with Gasteiger partial charge in [-0.2, -0.15) is 5.10 Å². The van der Waals surface area contributed by atoms with E-state index in [0.29, 0.717) is 11.6 Å². The Morgan fingerprint density at radius 3 is 2.41 bits per heavy atom. The van der Waals surface area contributed by atoms with Crippen molar-refractivity contribution < 1.29 is 0 Å². The molecule has 3 heterocycles. The number of pyridine rings is 1. The van der Waals surface area contributed by atoms with E-state index in [4.69, 9.17) is 0 Å². The predicted molar refractivity (Wildman–Crippen MR) is 60.2 cm³/mol. The van der Waals surface area contributed by atoms with Crippen LogP contribution in [0.5, 0.6) is 0 Å². The lowest BCUT2D eigenvalue weighted by molar-refractivity contribution is 0.704. The van der Waals surface area contributed by atoms with Crippen molar-refractivity contribution in [2.24, 2.45) is 0 Å². The van der Waals surface area contributed by atoms with Crippen LogP contribution in [0.2, 0.25) is 0 Å². The number of hydrogen-bond acceptors (Lipinski definition) is 5. The minimum absolute atomic E-state index is 0.440. The van der Waals surface area contributed by atoms with Crippen molar-refractivity contribution in [3.63, 3.8) is 0 Å². The fourth-order valence-corrected chi connectivity index (χ4v) is 1.39. The summed E-state index contributed by atoms with van der Waals surface area (Å²) in [7, 11) is 0. The molecule has 0 saturated heterocycles. The Morgan fingerprint density at radius 2 is 1.65 bits per heavy atom.